The molecular formula is C23H36N6O3S. The van der Waals surface area contributed by atoms with Crippen molar-refractivity contribution < 1.29 is 13.2 Å². The SMILES string of the molecule is CCn1c(CN2CCN(CC(=O)N(C)C)CC2)nc2cc(S(=O)(=O)N3CCCCC3)ccc21. The van der Waals surface area contributed by atoms with E-state index in [9.17, 15) is 13.2 Å². The van der Waals surface area contributed by atoms with Gasteiger partial charge in [0.05, 0.1) is 29.0 Å². The number of piperidine rings is 1. The van der Waals surface area contributed by atoms with Gasteiger partial charge in [0.2, 0.25) is 15.9 Å². The minimum atomic E-state index is -3.48. The van der Waals surface area contributed by atoms with E-state index in [4.69, 9.17) is 4.98 Å². The lowest BCUT2D eigenvalue weighted by Gasteiger charge is -2.34. The summed E-state index contributed by atoms with van der Waals surface area (Å²) in [6.45, 7) is 8.70. The minimum Gasteiger partial charge on any atom is -0.348 e. The molecule has 9 nitrogen and oxygen atoms in total. The highest BCUT2D eigenvalue weighted by Crippen LogP contribution is 2.25. The number of fused-ring (bicyclic) bond motifs is 1. The second-order valence-corrected chi connectivity index (χ2v) is 11.2. The summed E-state index contributed by atoms with van der Waals surface area (Å²) in [7, 11) is 0.101. The smallest absolute Gasteiger partial charge is 0.243 e. The van der Waals surface area contributed by atoms with Crippen molar-refractivity contribution in [3.05, 3.63) is 24.0 Å². The van der Waals surface area contributed by atoms with E-state index in [-0.39, 0.29) is 5.91 Å². The molecule has 33 heavy (non-hydrogen) atoms. The number of hydrogen-bond acceptors (Lipinski definition) is 6. The minimum absolute atomic E-state index is 0.131. The molecule has 0 aliphatic carbocycles. The van der Waals surface area contributed by atoms with Gasteiger partial charge >= 0.3 is 0 Å². The van der Waals surface area contributed by atoms with Gasteiger partial charge in [-0.05, 0) is 38.0 Å². The van der Waals surface area contributed by atoms with Crippen LogP contribution in [0, 0.1) is 0 Å². The van der Waals surface area contributed by atoms with Crippen molar-refractivity contribution in [3.8, 4) is 0 Å². The van der Waals surface area contributed by atoms with Gasteiger partial charge in [-0.1, -0.05) is 6.42 Å². The maximum Gasteiger partial charge on any atom is 0.243 e. The predicted octanol–water partition coefficient (Wildman–Crippen LogP) is 1.44. The van der Waals surface area contributed by atoms with Gasteiger partial charge in [0.1, 0.15) is 5.82 Å². The molecule has 0 bridgehead atoms. The Kier molecular flexibility index (Phi) is 7.37. The van der Waals surface area contributed by atoms with E-state index in [1.165, 1.54) is 0 Å². The second kappa shape index (κ2) is 10.1. The Labute approximate surface area is 197 Å². The largest absolute Gasteiger partial charge is 0.348 e. The highest BCUT2D eigenvalue weighted by Gasteiger charge is 2.27. The van der Waals surface area contributed by atoms with Crippen LogP contribution in [0.3, 0.4) is 0 Å². The van der Waals surface area contributed by atoms with Gasteiger partial charge in [0.25, 0.3) is 0 Å². The molecule has 10 heteroatoms. The summed E-state index contributed by atoms with van der Waals surface area (Å²) in [6, 6.07) is 5.36. The van der Waals surface area contributed by atoms with Crippen LogP contribution in [0.4, 0.5) is 0 Å². The van der Waals surface area contributed by atoms with Crippen LogP contribution in [0.15, 0.2) is 23.1 Å². The Bertz CT molecular complexity index is 1080. The van der Waals surface area contributed by atoms with E-state index in [0.717, 1.165) is 68.8 Å². The number of piperazine rings is 1. The molecule has 1 aromatic carbocycles. The molecule has 0 N–H and O–H groups in total. The Morgan fingerprint density at radius 2 is 1.67 bits per heavy atom. The van der Waals surface area contributed by atoms with Crippen molar-refractivity contribution in [2.24, 2.45) is 0 Å². The number of imidazole rings is 1. The first kappa shape index (κ1) is 24.1. The molecule has 0 unspecified atom stereocenters. The van der Waals surface area contributed by atoms with Gasteiger partial charge in [-0.2, -0.15) is 4.31 Å². The summed E-state index contributed by atoms with van der Waals surface area (Å²) >= 11 is 0. The van der Waals surface area contributed by atoms with Crippen molar-refractivity contribution in [2.45, 2.75) is 44.2 Å². The Morgan fingerprint density at radius 1 is 1.00 bits per heavy atom. The number of benzene rings is 1. The number of aromatic nitrogens is 2. The molecule has 4 rings (SSSR count). The van der Waals surface area contributed by atoms with Crippen molar-refractivity contribution in [3.63, 3.8) is 0 Å². The van der Waals surface area contributed by atoms with Crippen LogP contribution in [-0.4, -0.2) is 103 Å². The zero-order valence-corrected chi connectivity index (χ0v) is 20.9. The van der Waals surface area contributed by atoms with Crippen molar-refractivity contribution in [1.82, 2.24) is 28.6 Å². The average Bonchev–Trinajstić information content (AvgIpc) is 3.16. The molecule has 1 amide bonds. The zero-order chi connectivity index (χ0) is 23.6. The predicted molar refractivity (Wildman–Crippen MR) is 128 cm³/mol. The molecule has 3 heterocycles. The van der Waals surface area contributed by atoms with Crippen LogP contribution >= 0.6 is 0 Å². The highest BCUT2D eigenvalue weighted by molar-refractivity contribution is 7.89. The molecule has 0 spiro atoms. The zero-order valence-electron chi connectivity index (χ0n) is 20.0. The molecular weight excluding hydrogens is 440 g/mol. The third-order valence-corrected chi connectivity index (χ3v) is 8.65. The summed E-state index contributed by atoms with van der Waals surface area (Å²) in [4.78, 5) is 23.3. The number of likely N-dealkylation sites (N-methyl/N-ethyl adjacent to an activating group) is 1. The fourth-order valence-corrected chi connectivity index (χ4v) is 6.22. The van der Waals surface area contributed by atoms with Crippen LogP contribution in [-0.2, 0) is 27.9 Å². The Balaban J connectivity index is 1.48. The monoisotopic (exact) mass is 476 g/mol. The summed E-state index contributed by atoms with van der Waals surface area (Å²) in [5.74, 6) is 1.09. The molecule has 2 saturated heterocycles. The number of rotatable bonds is 7. The highest BCUT2D eigenvalue weighted by atomic mass is 32.2. The van der Waals surface area contributed by atoms with E-state index in [2.05, 4.69) is 21.3 Å². The molecule has 2 aliphatic heterocycles. The summed E-state index contributed by atoms with van der Waals surface area (Å²) < 4.78 is 30.0. The lowest BCUT2D eigenvalue weighted by atomic mass is 10.2. The Hall–Kier alpha value is -2.01. The lowest BCUT2D eigenvalue weighted by molar-refractivity contribution is -0.130. The second-order valence-electron chi connectivity index (χ2n) is 9.23. The van der Waals surface area contributed by atoms with Crippen molar-refractivity contribution in [1.29, 1.82) is 0 Å². The Morgan fingerprint density at radius 3 is 2.30 bits per heavy atom. The molecule has 182 valence electrons. The van der Waals surface area contributed by atoms with Crippen LogP contribution in [0.25, 0.3) is 11.0 Å². The summed E-state index contributed by atoms with van der Waals surface area (Å²) in [6.07, 6.45) is 2.94. The molecule has 0 atom stereocenters. The first-order valence-electron chi connectivity index (χ1n) is 11.9. The van der Waals surface area contributed by atoms with Crippen molar-refractivity contribution in [2.75, 3.05) is 59.9 Å². The number of carbonyl (C=O) groups is 1. The standard InChI is InChI=1S/C23H36N6O3S/c1-4-29-21-9-8-19(33(31,32)28-10-6-5-7-11-28)16-20(21)24-22(29)17-26-12-14-27(15-13-26)18-23(30)25(2)3/h8-9,16H,4-7,10-15,17-18H2,1-3H3. The number of carbonyl (C=O) groups excluding carboxylic acids is 1. The molecule has 2 aliphatic rings. The van der Waals surface area contributed by atoms with E-state index in [1.54, 1.807) is 35.4 Å². The molecule has 0 radical (unpaired) electrons. The quantitative estimate of drug-likeness (QED) is 0.602. The third kappa shape index (κ3) is 5.24. The fraction of sp³-hybridized carbons (Fsp3) is 0.652. The fourth-order valence-electron chi connectivity index (χ4n) is 4.69. The van der Waals surface area contributed by atoms with E-state index in [0.29, 0.717) is 31.1 Å². The first-order valence-corrected chi connectivity index (χ1v) is 13.4. The van der Waals surface area contributed by atoms with Gasteiger partial charge < -0.3 is 9.47 Å². The third-order valence-electron chi connectivity index (χ3n) is 6.76. The number of aryl methyl sites for hydroxylation is 1. The van der Waals surface area contributed by atoms with E-state index >= 15 is 0 Å². The van der Waals surface area contributed by atoms with Gasteiger partial charge in [-0.25, -0.2) is 13.4 Å². The van der Waals surface area contributed by atoms with Gasteiger partial charge in [-0.15, -0.1) is 0 Å². The number of amides is 1. The van der Waals surface area contributed by atoms with E-state index in [1.807, 2.05) is 6.07 Å². The number of sulfonamides is 1. The van der Waals surface area contributed by atoms with Crippen molar-refractivity contribution >= 4 is 27.0 Å². The van der Waals surface area contributed by atoms with Crippen LogP contribution in [0.2, 0.25) is 0 Å². The van der Waals surface area contributed by atoms with Crippen LogP contribution in [0.5, 0.6) is 0 Å². The van der Waals surface area contributed by atoms with Gasteiger partial charge in [0, 0.05) is 59.9 Å². The maximum absolute atomic E-state index is 13.1. The topological polar surface area (TPSA) is 82.0 Å². The molecule has 2 fully saturated rings. The van der Waals surface area contributed by atoms with Crippen LogP contribution in [0.1, 0.15) is 32.0 Å². The van der Waals surface area contributed by atoms with Gasteiger partial charge in [-0.3, -0.25) is 14.6 Å². The molecule has 2 aromatic rings. The molecule has 1 aromatic heterocycles. The first-order chi connectivity index (χ1) is 15.8. The maximum atomic E-state index is 13.1. The average molecular weight is 477 g/mol. The number of hydrogen-bond donors (Lipinski definition) is 0. The van der Waals surface area contributed by atoms with Gasteiger partial charge in [0.15, 0.2) is 0 Å². The normalized spacial score (nSPS) is 19.2. The summed E-state index contributed by atoms with van der Waals surface area (Å²) in [5, 5.41) is 0. The van der Waals surface area contributed by atoms with E-state index < -0.39 is 10.0 Å². The van der Waals surface area contributed by atoms with Crippen LogP contribution < -0.4 is 0 Å². The molecule has 0 saturated carbocycles. The lowest BCUT2D eigenvalue weighted by Crippen LogP contribution is -2.49. The summed E-state index contributed by atoms with van der Waals surface area (Å²) in [5.41, 5.74) is 1.71. The number of nitrogens with zero attached hydrogens (tertiary/aromatic N) is 6.